The quantitative estimate of drug-likeness (QED) is 0.379. The van der Waals surface area contributed by atoms with E-state index in [1.807, 2.05) is 30.5 Å². The molecular weight excluding hydrogens is 486 g/mol. The molecule has 12 heteroatoms. The van der Waals surface area contributed by atoms with E-state index in [2.05, 4.69) is 20.0 Å². The maximum absolute atomic E-state index is 13.6. The van der Waals surface area contributed by atoms with Crippen LogP contribution in [0.2, 0.25) is 0 Å². The zero-order valence-corrected chi connectivity index (χ0v) is 20.4. The summed E-state index contributed by atoms with van der Waals surface area (Å²) in [5.41, 5.74) is 2.82. The molecule has 1 aliphatic heterocycles. The second-order valence-corrected chi connectivity index (χ2v) is 10.2. The van der Waals surface area contributed by atoms with Gasteiger partial charge < -0.3 is 18.7 Å². The fraction of sp³-hybridized carbons (Fsp3) is 0.292. The summed E-state index contributed by atoms with van der Waals surface area (Å²) < 4.78 is 53.8. The first-order valence-corrected chi connectivity index (χ1v) is 12.8. The van der Waals surface area contributed by atoms with Gasteiger partial charge in [-0.25, -0.2) is 13.4 Å². The number of aromatic nitrogens is 4. The lowest BCUT2D eigenvalue weighted by molar-refractivity contribution is 0.359. The van der Waals surface area contributed by atoms with Gasteiger partial charge in [-0.05, 0) is 36.6 Å². The van der Waals surface area contributed by atoms with E-state index in [1.165, 1.54) is 14.2 Å². The average Bonchev–Trinajstić information content (AvgIpc) is 3.48. The number of rotatable bonds is 8. The second-order valence-electron chi connectivity index (χ2n) is 8.57. The summed E-state index contributed by atoms with van der Waals surface area (Å²) in [6.45, 7) is 0.813. The molecule has 11 nitrogen and oxygen atoms in total. The molecule has 1 N–H and O–H groups in total. The molecule has 0 unspecified atom stereocenters. The van der Waals surface area contributed by atoms with Crippen molar-refractivity contribution < 1.29 is 27.2 Å². The molecule has 0 spiro atoms. The third-order valence-electron chi connectivity index (χ3n) is 6.18. The van der Waals surface area contributed by atoms with Crippen LogP contribution in [0.25, 0.3) is 17.0 Å². The maximum Gasteiger partial charge on any atom is 0.272 e. The zero-order valence-electron chi connectivity index (χ0n) is 19.6. The van der Waals surface area contributed by atoms with Gasteiger partial charge in [-0.15, -0.1) is 0 Å². The Hall–Kier alpha value is -4.06. The molecule has 1 aromatic carbocycles. The number of nitrogens with zero attached hydrogens (tertiary/aromatic N) is 4. The highest BCUT2D eigenvalue weighted by Crippen LogP contribution is 2.45. The first kappa shape index (κ1) is 22.4. The molecule has 36 heavy (non-hydrogen) atoms. The zero-order chi connectivity index (χ0) is 24.9. The van der Waals surface area contributed by atoms with Crippen LogP contribution in [-0.2, 0) is 16.6 Å². The van der Waals surface area contributed by atoms with E-state index < -0.39 is 10.0 Å². The molecule has 4 heterocycles. The van der Waals surface area contributed by atoms with Gasteiger partial charge in [0, 0.05) is 29.9 Å². The van der Waals surface area contributed by atoms with E-state index in [9.17, 15) is 8.42 Å². The van der Waals surface area contributed by atoms with Gasteiger partial charge in [0.1, 0.15) is 23.5 Å². The Bertz CT molecular complexity index is 1560. The van der Waals surface area contributed by atoms with Crippen molar-refractivity contribution in [2.24, 2.45) is 0 Å². The van der Waals surface area contributed by atoms with Crippen LogP contribution in [0.1, 0.15) is 35.6 Å². The topological polar surface area (TPSA) is 131 Å². The lowest BCUT2D eigenvalue weighted by Gasteiger charge is -2.18. The third kappa shape index (κ3) is 3.83. The average molecular weight is 510 g/mol. The van der Waals surface area contributed by atoms with Crippen LogP contribution in [0.4, 0.5) is 5.82 Å². The van der Waals surface area contributed by atoms with Gasteiger partial charge in [0.2, 0.25) is 5.88 Å². The summed E-state index contributed by atoms with van der Waals surface area (Å²) in [6, 6.07) is 5.30. The van der Waals surface area contributed by atoms with Crippen molar-refractivity contribution in [3.8, 4) is 17.4 Å². The Labute approximate surface area is 206 Å². The van der Waals surface area contributed by atoms with Gasteiger partial charge in [0.25, 0.3) is 10.0 Å². The summed E-state index contributed by atoms with van der Waals surface area (Å²) in [4.78, 5) is 4.22. The Morgan fingerprint density at radius 2 is 2.08 bits per heavy atom. The number of anilines is 1. The van der Waals surface area contributed by atoms with Gasteiger partial charge in [0.15, 0.2) is 16.3 Å². The summed E-state index contributed by atoms with van der Waals surface area (Å²) in [5.74, 6) is 0.866. The van der Waals surface area contributed by atoms with Crippen LogP contribution < -0.4 is 18.9 Å². The monoisotopic (exact) mass is 509 g/mol. The predicted octanol–water partition coefficient (Wildman–Crippen LogP) is 3.57. The Morgan fingerprint density at radius 3 is 2.81 bits per heavy atom. The number of ether oxygens (including phenoxy) is 3. The highest BCUT2D eigenvalue weighted by Gasteiger charge is 2.33. The number of sulfonamides is 1. The summed E-state index contributed by atoms with van der Waals surface area (Å²) >= 11 is 0. The molecule has 1 aliphatic carbocycles. The first-order chi connectivity index (χ1) is 17.5. The minimum Gasteiger partial charge on any atom is -0.495 e. The second kappa shape index (κ2) is 8.55. The van der Waals surface area contributed by atoms with Crippen molar-refractivity contribution in [1.82, 2.24) is 19.9 Å². The number of methoxy groups -OCH3 is 2. The maximum atomic E-state index is 13.6. The third-order valence-corrected chi connectivity index (χ3v) is 7.55. The number of pyridine rings is 1. The van der Waals surface area contributed by atoms with Crippen LogP contribution in [0.5, 0.6) is 17.4 Å². The molecule has 4 aromatic rings. The number of hydrogen-bond donors (Lipinski definition) is 1. The molecule has 0 atom stereocenters. The first-order valence-electron chi connectivity index (χ1n) is 11.4. The standard InChI is InChI=1S/C24H23N5O6S/c1-32-19-12-17(14-6-7-14)26-24(33-2)22(19)36(30,31)28-23-20-18(35-27-23)11-15(13-29-9-4-8-25-29)16-5-3-10-34-21(16)20/h3-5,8-9,11-12,14H,6-7,10,13H2,1-2H3,(H,27,28). The van der Waals surface area contributed by atoms with E-state index in [0.717, 1.165) is 29.7 Å². The lowest BCUT2D eigenvalue weighted by atomic mass is 10.0. The molecule has 0 amide bonds. The molecule has 186 valence electrons. The van der Waals surface area contributed by atoms with Crippen LogP contribution in [0.15, 0.2) is 46.1 Å². The fourth-order valence-corrected chi connectivity index (χ4v) is 5.61. The largest absolute Gasteiger partial charge is 0.495 e. The van der Waals surface area contributed by atoms with Gasteiger partial charge in [0.05, 0.1) is 26.5 Å². The number of fused-ring (bicyclic) bond motifs is 3. The molecular formula is C24H23N5O6S. The smallest absolute Gasteiger partial charge is 0.272 e. The van der Waals surface area contributed by atoms with Crippen LogP contribution >= 0.6 is 0 Å². The fourth-order valence-electron chi connectivity index (χ4n) is 4.35. The number of hydrogen-bond acceptors (Lipinski definition) is 9. The Balaban J connectivity index is 1.44. The van der Waals surface area contributed by atoms with Crippen molar-refractivity contribution in [3.63, 3.8) is 0 Å². The van der Waals surface area contributed by atoms with Crippen LogP contribution in [0, 0.1) is 0 Å². The Kier molecular flexibility index (Phi) is 5.32. The summed E-state index contributed by atoms with van der Waals surface area (Å²) in [7, 11) is -1.45. The molecule has 0 radical (unpaired) electrons. The SMILES string of the molecule is COc1cc(C2CC2)nc(OC)c1S(=O)(=O)Nc1noc2cc(Cn3cccn3)c3c(c12)OCC=C3. The van der Waals surface area contributed by atoms with Crippen molar-refractivity contribution >= 4 is 32.9 Å². The highest BCUT2D eigenvalue weighted by atomic mass is 32.2. The predicted molar refractivity (Wildman–Crippen MR) is 130 cm³/mol. The van der Waals surface area contributed by atoms with Gasteiger partial charge >= 0.3 is 0 Å². The van der Waals surface area contributed by atoms with Gasteiger partial charge in [-0.2, -0.15) is 5.10 Å². The van der Waals surface area contributed by atoms with E-state index in [-0.39, 0.29) is 28.3 Å². The minimum absolute atomic E-state index is 0.00225. The molecule has 3 aromatic heterocycles. The van der Waals surface area contributed by atoms with Gasteiger partial charge in [-0.1, -0.05) is 11.2 Å². The summed E-state index contributed by atoms with van der Waals surface area (Å²) in [5, 5.41) is 8.71. The molecule has 0 bridgehead atoms. The molecule has 6 rings (SSSR count). The lowest BCUT2D eigenvalue weighted by Crippen LogP contribution is -2.17. The van der Waals surface area contributed by atoms with Crippen LogP contribution in [-0.4, -0.2) is 49.2 Å². The summed E-state index contributed by atoms with van der Waals surface area (Å²) in [6.07, 6.45) is 9.38. The minimum atomic E-state index is -4.23. The van der Waals surface area contributed by atoms with E-state index in [1.54, 1.807) is 16.9 Å². The van der Waals surface area contributed by atoms with Crippen molar-refractivity contribution in [2.75, 3.05) is 25.5 Å². The normalized spacial score (nSPS) is 14.9. The van der Waals surface area contributed by atoms with Crippen LogP contribution in [0.3, 0.4) is 0 Å². The number of benzene rings is 1. The van der Waals surface area contributed by atoms with Crippen molar-refractivity contribution in [2.45, 2.75) is 30.2 Å². The van der Waals surface area contributed by atoms with E-state index in [4.69, 9.17) is 18.7 Å². The van der Waals surface area contributed by atoms with Crippen molar-refractivity contribution in [1.29, 1.82) is 0 Å². The molecule has 1 saturated carbocycles. The number of nitrogens with one attached hydrogen (secondary N) is 1. The van der Waals surface area contributed by atoms with E-state index in [0.29, 0.717) is 29.9 Å². The van der Waals surface area contributed by atoms with Crippen molar-refractivity contribution in [3.05, 3.63) is 53.5 Å². The molecule has 2 aliphatic rings. The van der Waals surface area contributed by atoms with E-state index >= 15 is 0 Å². The molecule has 1 fully saturated rings. The van der Waals surface area contributed by atoms with Gasteiger partial charge in [-0.3, -0.25) is 9.40 Å². The molecule has 0 saturated heterocycles. The Morgan fingerprint density at radius 1 is 1.22 bits per heavy atom. The highest BCUT2D eigenvalue weighted by molar-refractivity contribution is 7.93.